The molecule has 2 aromatic rings. The highest BCUT2D eigenvalue weighted by Gasteiger charge is 2.21. The lowest BCUT2D eigenvalue weighted by molar-refractivity contribution is 0.471. The zero-order valence-electron chi connectivity index (χ0n) is 13.2. The smallest absolute Gasteiger partial charge is 0.125 e. The number of hydrogen-bond acceptors (Lipinski definition) is 3. The molecule has 0 aromatic carbocycles. The molecule has 2 rings (SSSR count). The van der Waals surface area contributed by atoms with E-state index in [1.807, 2.05) is 26.4 Å². The van der Waals surface area contributed by atoms with Gasteiger partial charge < -0.3 is 9.88 Å². The Morgan fingerprint density at radius 1 is 1.38 bits per heavy atom. The van der Waals surface area contributed by atoms with Gasteiger partial charge >= 0.3 is 0 Å². The van der Waals surface area contributed by atoms with Crippen molar-refractivity contribution in [2.45, 2.75) is 46.2 Å². The van der Waals surface area contributed by atoms with Crippen LogP contribution in [0.1, 0.15) is 43.5 Å². The van der Waals surface area contributed by atoms with Crippen LogP contribution in [0, 0.1) is 6.92 Å². The predicted molar refractivity (Wildman–Crippen MR) is 88.3 cm³/mol. The Kier molecular flexibility index (Phi) is 5.58. The van der Waals surface area contributed by atoms with Crippen LogP contribution in [-0.4, -0.2) is 25.9 Å². The molecule has 0 aliphatic heterocycles. The molecular formula is C15H24BrN5. The second-order valence-electron chi connectivity index (χ2n) is 5.27. The molecule has 0 aliphatic rings. The standard InChI is InChI=1S/C15H24BrN5/c1-5-7-17-12(15-18-8-9-20(15)4)10-13-14(16)11(3)19-21(13)6-2/h8-9,12,17H,5-7,10H2,1-4H3. The number of rotatable bonds is 7. The number of hydrogen-bond donors (Lipinski definition) is 1. The summed E-state index contributed by atoms with van der Waals surface area (Å²) in [5.41, 5.74) is 2.27. The number of nitrogens with one attached hydrogen (secondary N) is 1. The first-order chi connectivity index (χ1) is 10.1. The van der Waals surface area contributed by atoms with E-state index in [2.05, 4.69) is 54.4 Å². The molecule has 0 aliphatic carbocycles. The quantitative estimate of drug-likeness (QED) is 0.832. The third-order valence-corrected chi connectivity index (χ3v) is 4.69. The van der Waals surface area contributed by atoms with Gasteiger partial charge in [0.1, 0.15) is 5.82 Å². The molecule has 6 heteroatoms. The SMILES string of the molecule is CCCNC(Cc1c(Br)c(C)nn1CC)c1nccn1C. The summed E-state index contributed by atoms with van der Waals surface area (Å²) >= 11 is 3.68. The Bertz CT molecular complexity index is 587. The predicted octanol–water partition coefficient (Wildman–Crippen LogP) is 2.99. The van der Waals surface area contributed by atoms with E-state index in [0.29, 0.717) is 0 Å². The van der Waals surface area contributed by atoms with Crippen LogP contribution in [0.2, 0.25) is 0 Å². The van der Waals surface area contributed by atoms with Gasteiger partial charge in [0.25, 0.3) is 0 Å². The highest BCUT2D eigenvalue weighted by molar-refractivity contribution is 9.10. The minimum Gasteiger partial charge on any atom is -0.337 e. The summed E-state index contributed by atoms with van der Waals surface area (Å²) in [6.45, 7) is 8.20. The van der Waals surface area contributed by atoms with Crippen LogP contribution in [-0.2, 0) is 20.0 Å². The van der Waals surface area contributed by atoms with E-state index in [9.17, 15) is 0 Å². The summed E-state index contributed by atoms with van der Waals surface area (Å²) in [4.78, 5) is 4.51. The Morgan fingerprint density at radius 3 is 2.71 bits per heavy atom. The van der Waals surface area contributed by atoms with Crippen molar-refractivity contribution in [1.29, 1.82) is 0 Å². The van der Waals surface area contributed by atoms with Crippen LogP contribution in [0.4, 0.5) is 0 Å². The summed E-state index contributed by atoms with van der Waals surface area (Å²) in [6, 6.07) is 0.197. The van der Waals surface area contributed by atoms with Gasteiger partial charge in [0.05, 0.1) is 21.9 Å². The van der Waals surface area contributed by atoms with E-state index in [1.165, 1.54) is 5.69 Å². The number of halogens is 1. The fourth-order valence-electron chi connectivity index (χ4n) is 2.54. The molecule has 2 aromatic heterocycles. The maximum Gasteiger partial charge on any atom is 0.125 e. The number of aryl methyl sites for hydroxylation is 3. The summed E-state index contributed by atoms with van der Waals surface area (Å²) in [6.07, 6.45) is 5.83. The first-order valence-corrected chi connectivity index (χ1v) is 8.30. The third-order valence-electron chi connectivity index (χ3n) is 3.66. The molecule has 0 saturated heterocycles. The van der Waals surface area contributed by atoms with Crippen molar-refractivity contribution >= 4 is 15.9 Å². The summed E-state index contributed by atoms with van der Waals surface area (Å²) < 4.78 is 5.27. The zero-order valence-corrected chi connectivity index (χ0v) is 14.8. The molecule has 0 fully saturated rings. The van der Waals surface area contributed by atoms with Gasteiger partial charge in [-0.2, -0.15) is 5.10 Å². The van der Waals surface area contributed by atoms with E-state index >= 15 is 0 Å². The zero-order chi connectivity index (χ0) is 15.4. The summed E-state index contributed by atoms with van der Waals surface area (Å²) in [7, 11) is 2.04. The molecule has 1 atom stereocenters. The van der Waals surface area contributed by atoms with Crippen molar-refractivity contribution in [3.63, 3.8) is 0 Å². The van der Waals surface area contributed by atoms with E-state index in [-0.39, 0.29) is 6.04 Å². The van der Waals surface area contributed by atoms with Crippen LogP contribution in [0.3, 0.4) is 0 Å². The van der Waals surface area contributed by atoms with E-state index in [1.54, 1.807) is 0 Å². The van der Waals surface area contributed by atoms with Gasteiger partial charge in [-0.05, 0) is 42.7 Å². The fourth-order valence-corrected chi connectivity index (χ4v) is 2.99. The normalized spacial score (nSPS) is 12.8. The molecule has 0 radical (unpaired) electrons. The monoisotopic (exact) mass is 353 g/mol. The Labute approximate surface area is 134 Å². The fraction of sp³-hybridized carbons (Fsp3) is 0.600. The maximum absolute atomic E-state index is 4.58. The van der Waals surface area contributed by atoms with Gasteiger partial charge in [-0.3, -0.25) is 4.68 Å². The van der Waals surface area contributed by atoms with Crippen molar-refractivity contribution < 1.29 is 0 Å². The molecule has 1 N–H and O–H groups in total. The molecule has 5 nitrogen and oxygen atoms in total. The van der Waals surface area contributed by atoms with Crippen molar-refractivity contribution in [3.8, 4) is 0 Å². The molecule has 0 spiro atoms. The minimum atomic E-state index is 0.197. The average Bonchev–Trinajstić information content (AvgIpc) is 3.01. The van der Waals surface area contributed by atoms with Crippen molar-refractivity contribution in [2.24, 2.45) is 7.05 Å². The Hall–Kier alpha value is -1.14. The van der Waals surface area contributed by atoms with E-state index in [4.69, 9.17) is 0 Å². The topological polar surface area (TPSA) is 47.7 Å². The maximum atomic E-state index is 4.58. The summed E-state index contributed by atoms with van der Waals surface area (Å²) in [5.74, 6) is 1.07. The Balaban J connectivity index is 2.29. The van der Waals surface area contributed by atoms with Crippen LogP contribution in [0.25, 0.3) is 0 Å². The second kappa shape index (κ2) is 7.22. The molecule has 2 heterocycles. The van der Waals surface area contributed by atoms with Gasteiger partial charge in [0.2, 0.25) is 0 Å². The first kappa shape index (κ1) is 16.2. The first-order valence-electron chi connectivity index (χ1n) is 7.50. The second-order valence-corrected chi connectivity index (χ2v) is 6.06. The molecule has 116 valence electrons. The molecule has 0 bridgehead atoms. The largest absolute Gasteiger partial charge is 0.337 e. The molecule has 1 unspecified atom stereocenters. The van der Waals surface area contributed by atoms with Crippen LogP contribution in [0.15, 0.2) is 16.9 Å². The lowest BCUT2D eigenvalue weighted by Crippen LogP contribution is -2.27. The lowest BCUT2D eigenvalue weighted by Gasteiger charge is -2.19. The van der Waals surface area contributed by atoms with Gasteiger partial charge in [0.15, 0.2) is 0 Å². The molecule has 0 saturated carbocycles. The number of imidazole rings is 1. The highest BCUT2D eigenvalue weighted by atomic mass is 79.9. The molecule has 21 heavy (non-hydrogen) atoms. The lowest BCUT2D eigenvalue weighted by atomic mass is 10.1. The summed E-state index contributed by atoms with van der Waals surface area (Å²) in [5, 5.41) is 8.18. The average molecular weight is 354 g/mol. The van der Waals surface area contributed by atoms with Gasteiger partial charge in [-0.15, -0.1) is 0 Å². The highest BCUT2D eigenvalue weighted by Crippen LogP contribution is 2.26. The van der Waals surface area contributed by atoms with Gasteiger partial charge in [-0.25, -0.2) is 4.98 Å². The number of aromatic nitrogens is 4. The molecular weight excluding hydrogens is 330 g/mol. The van der Waals surface area contributed by atoms with Crippen molar-refractivity contribution in [3.05, 3.63) is 34.1 Å². The van der Waals surface area contributed by atoms with Crippen LogP contribution < -0.4 is 5.32 Å². The van der Waals surface area contributed by atoms with Crippen molar-refractivity contribution in [2.75, 3.05) is 6.54 Å². The minimum absolute atomic E-state index is 0.197. The van der Waals surface area contributed by atoms with Crippen LogP contribution in [0.5, 0.6) is 0 Å². The third kappa shape index (κ3) is 3.55. The van der Waals surface area contributed by atoms with Gasteiger partial charge in [0, 0.05) is 32.4 Å². The molecule has 0 amide bonds. The van der Waals surface area contributed by atoms with Crippen LogP contribution >= 0.6 is 15.9 Å². The van der Waals surface area contributed by atoms with E-state index in [0.717, 1.165) is 41.9 Å². The van der Waals surface area contributed by atoms with Gasteiger partial charge in [-0.1, -0.05) is 6.92 Å². The van der Waals surface area contributed by atoms with E-state index < -0.39 is 0 Å². The number of nitrogens with zero attached hydrogens (tertiary/aromatic N) is 4. The Morgan fingerprint density at radius 2 is 2.14 bits per heavy atom. The van der Waals surface area contributed by atoms with Crippen molar-refractivity contribution in [1.82, 2.24) is 24.6 Å².